The number of hydrogen-bond acceptors (Lipinski definition) is 2. The Hall–Kier alpha value is 0.01000. The lowest BCUT2D eigenvalue weighted by atomic mass is 9.76. The summed E-state index contributed by atoms with van der Waals surface area (Å²) in [5, 5.41) is 0. The standard InChI is InChI=1S/C11H13BrOS/c12-10-3-1-2-9(6-10)11(4-5-14)7-13-8-11/h1-3,6,14H,4-5,7-8H2. The molecule has 1 aliphatic heterocycles. The summed E-state index contributed by atoms with van der Waals surface area (Å²) in [7, 11) is 0. The van der Waals surface area contributed by atoms with Gasteiger partial charge in [0, 0.05) is 9.89 Å². The zero-order valence-corrected chi connectivity index (χ0v) is 10.4. The molecule has 1 aromatic rings. The molecule has 1 heterocycles. The number of rotatable bonds is 3. The van der Waals surface area contributed by atoms with Crippen molar-refractivity contribution < 1.29 is 4.74 Å². The first kappa shape index (κ1) is 10.5. The van der Waals surface area contributed by atoms with E-state index in [1.165, 1.54) is 5.56 Å². The molecular weight excluding hydrogens is 260 g/mol. The van der Waals surface area contributed by atoms with Crippen molar-refractivity contribution in [1.82, 2.24) is 0 Å². The molecule has 2 rings (SSSR count). The van der Waals surface area contributed by atoms with Gasteiger partial charge >= 0.3 is 0 Å². The van der Waals surface area contributed by atoms with Gasteiger partial charge < -0.3 is 4.74 Å². The summed E-state index contributed by atoms with van der Waals surface area (Å²) >= 11 is 7.81. The fraction of sp³-hybridized carbons (Fsp3) is 0.455. The molecule has 0 atom stereocenters. The van der Waals surface area contributed by atoms with Crippen molar-refractivity contribution in [3.8, 4) is 0 Å². The van der Waals surface area contributed by atoms with E-state index in [2.05, 4.69) is 52.8 Å². The Kier molecular flexibility index (Phi) is 3.20. The third kappa shape index (κ3) is 1.86. The molecule has 1 aliphatic rings. The molecule has 0 aromatic heterocycles. The van der Waals surface area contributed by atoms with Crippen molar-refractivity contribution in [3.05, 3.63) is 34.3 Å². The first-order valence-electron chi connectivity index (χ1n) is 4.71. The molecule has 0 unspecified atom stereocenters. The van der Waals surface area contributed by atoms with Crippen LogP contribution in [0, 0.1) is 0 Å². The van der Waals surface area contributed by atoms with Crippen LogP contribution < -0.4 is 0 Å². The minimum Gasteiger partial charge on any atom is -0.379 e. The second-order valence-corrected chi connectivity index (χ2v) is 5.12. The van der Waals surface area contributed by atoms with Gasteiger partial charge in [-0.3, -0.25) is 0 Å². The molecule has 0 N–H and O–H groups in total. The van der Waals surface area contributed by atoms with Gasteiger partial charge in [-0.15, -0.1) is 0 Å². The lowest BCUT2D eigenvalue weighted by Gasteiger charge is -2.42. The molecule has 0 radical (unpaired) electrons. The van der Waals surface area contributed by atoms with E-state index < -0.39 is 0 Å². The molecule has 1 saturated heterocycles. The third-order valence-corrected chi connectivity index (χ3v) is 3.50. The van der Waals surface area contributed by atoms with Crippen LogP contribution in [0.25, 0.3) is 0 Å². The Morgan fingerprint density at radius 3 is 2.71 bits per heavy atom. The van der Waals surface area contributed by atoms with Crippen molar-refractivity contribution in [2.45, 2.75) is 11.8 Å². The summed E-state index contributed by atoms with van der Waals surface area (Å²) in [6, 6.07) is 8.50. The topological polar surface area (TPSA) is 9.23 Å². The summed E-state index contributed by atoms with van der Waals surface area (Å²) in [5.74, 6) is 0.913. The Balaban J connectivity index is 2.27. The molecule has 1 nitrogen and oxygen atoms in total. The Morgan fingerprint density at radius 1 is 1.43 bits per heavy atom. The van der Waals surface area contributed by atoms with Crippen LogP contribution in [0.15, 0.2) is 28.7 Å². The van der Waals surface area contributed by atoms with E-state index in [1.54, 1.807) is 0 Å². The summed E-state index contributed by atoms with van der Waals surface area (Å²) in [4.78, 5) is 0. The van der Waals surface area contributed by atoms with Crippen LogP contribution >= 0.6 is 28.6 Å². The SMILES string of the molecule is SCCC1(c2cccc(Br)c2)COC1. The Labute approximate surface area is 98.4 Å². The number of ether oxygens (including phenoxy) is 1. The van der Waals surface area contributed by atoms with Gasteiger partial charge in [-0.05, 0) is 29.9 Å². The van der Waals surface area contributed by atoms with Gasteiger partial charge in [0.1, 0.15) is 0 Å². The molecule has 0 bridgehead atoms. The predicted molar refractivity (Wildman–Crippen MR) is 65.1 cm³/mol. The largest absolute Gasteiger partial charge is 0.379 e. The summed E-state index contributed by atoms with van der Waals surface area (Å²) in [6.45, 7) is 1.67. The number of halogens is 1. The molecule has 14 heavy (non-hydrogen) atoms. The molecule has 76 valence electrons. The molecule has 0 amide bonds. The quantitative estimate of drug-likeness (QED) is 0.833. The van der Waals surface area contributed by atoms with Crippen LogP contribution in [0.3, 0.4) is 0 Å². The van der Waals surface area contributed by atoms with Crippen molar-refractivity contribution in [2.75, 3.05) is 19.0 Å². The maximum absolute atomic E-state index is 5.34. The molecular formula is C11H13BrOS. The number of thiol groups is 1. The molecule has 0 aliphatic carbocycles. The third-order valence-electron chi connectivity index (χ3n) is 2.78. The van der Waals surface area contributed by atoms with Gasteiger partial charge in [0.2, 0.25) is 0 Å². The fourth-order valence-electron chi connectivity index (χ4n) is 1.84. The molecule has 3 heteroatoms. The highest BCUT2D eigenvalue weighted by atomic mass is 79.9. The van der Waals surface area contributed by atoms with Gasteiger partial charge in [0.25, 0.3) is 0 Å². The Bertz CT molecular complexity index is 323. The van der Waals surface area contributed by atoms with E-state index in [0.717, 1.165) is 29.9 Å². The predicted octanol–water partition coefficient (Wildman–Crippen LogP) is 3.04. The molecule has 1 fully saturated rings. The van der Waals surface area contributed by atoms with E-state index in [1.807, 2.05) is 0 Å². The van der Waals surface area contributed by atoms with Gasteiger partial charge in [-0.25, -0.2) is 0 Å². The van der Waals surface area contributed by atoms with Gasteiger partial charge in [-0.1, -0.05) is 28.1 Å². The second kappa shape index (κ2) is 4.25. The normalized spacial score (nSPS) is 19.0. The second-order valence-electron chi connectivity index (χ2n) is 3.76. The van der Waals surface area contributed by atoms with E-state index in [9.17, 15) is 0 Å². The van der Waals surface area contributed by atoms with Gasteiger partial charge in [0.05, 0.1) is 13.2 Å². The van der Waals surface area contributed by atoms with Crippen molar-refractivity contribution in [3.63, 3.8) is 0 Å². The lowest BCUT2D eigenvalue weighted by Crippen LogP contribution is -2.47. The minimum atomic E-state index is 0.228. The van der Waals surface area contributed by atoms with Crippen molar-refractivity contribution >= 4 is 28.6 Å². The lowest BCUT2D eigenvalue weighted by molar-refractivity contribution is -0.0614. The van der Waals surface area contributed by atoms with E-state index >= 15 is 0 Å². The smallest absolute Gasteiger partial charge is 0.0585 e. The zero-order valence-electron chi connectivity index (χ0n) is 7.87. The summed E-state index contributed by atoms with van der Waals surface area (Å²) in [5.41, 5.74) is 1.60. The first-order valence-corrected chi connectivity index (χ1v) is 6.14. The van der Waals surface area contributed by atoms with Crippen molar-refractivity contribution in [2.24, 2.45) is 0 Å². The van der Waals surface area contributed by atoms with Crippen molar-refractivity contribution in [1.29, 1.82) is 0 Å². The van der Waals surface area contributed by atoms with Crippen LogP contribution in [0.1, 0.15) is 12.0 Å². The van der Waals surface area contributed by atoms with Crippen LogP contribution in [-0.2, 0) is 10.2 Å². The first-order chi connectivity index (χ1) is 6.77. The van der Waals surface area contributed by atoms with E-state index in [4.69, 9.17) is 4.74 Å². The Morgan fingerprint density at radius 2 is 2.21 bits per heavy atom. The highest BCUT2D eigenvalue weighted by Gasteiger charge is 2.39. The molecule has 0 saturated carbocycles. The summed E-state index contributed by atoms with van der Waals surface area (Å²) in [6.07, 6.45) is 1.09. The maximum atomic E-state index is 5.34. The fourth-order valence-corrected chi connectivity index (χ4v) is 2.66. The van der Waals surface area contributed by atoms with Crippen LogP contribution in [0.5, 0.6) is 0 Å². The molecule has 0 spiro atoms. The molecule has 1 aromatic carbocycles. The number of hydrogen-bond donors (Lipinski definition) is 1. The minimum absolute atomic E-state index is 0.228. The average molecular weight is 273 g/mol. The monoisotopic (exact) mass is 272 g/mol. The van der Waals surface area contributed by atoms with Crippen LogP contribution in [0.2, 0.25) is 0 Å². The van der Waals surface area contributed by atoms with Gasteiger partial charge in [-0.2, -0.15) is 12.6 Å². The van der Waals surface area contributed by atoms with Gasteiger partial charge in [0.15, 0.2) is 0 Å². The van der Waals surface area contributed by atoms with Crippen LogP contribution in [-0.4, -0.2) is 19.0 Å². The van der Waals surface area contributed by atoms with E-state index in [0.29, 0.717) is 0 Å². The maximum Gasteiger partial charge on any atom is 0.0585 e. The van der Waals surface area contributed by atoms with E-state index in [-0.39, 0.29) is 5.41 Å². The number of benzene rings is 1. The highest BCUT2D eigenvalue weighted by Crippen LogP contribution is 2.36. The highest BCUT2D eigenvalue weighted by molar-refractivity contribution is 9.10. The van der Waals surface area contributed by atoms with Crippen LogP contribution in [0.4, 0.5) is 0 Å². The summed E-state index contributed by atoms with van der Waals surface area (Å²) < 4.78 is 6.48. The zero-order chi connectivity index (χ0) is 10.0. The average Bonchev–Trinajstić information content (AvgIpc) is 2.11.